The van der Waals surface area contributed by atoms with Crippen LogP contribution in [-0.4, -0.2) is 22.2 Å². The SMILES string of the molecule is C=CCCC(CC)(CC)C(C(=O)O)C(=O)O. The zero-order chi connectivity index (χ0) is 12.8. The van der Waals surface area contributed by atoms with Gasteiger partial charge in [0.05, 0.1) is 0 Å². The molecule has 0 saturated heterocycles. The van der Waals surface area contributed by atoms with E-state index in [0.29, 0.717) is 25.7 Å². The average Bonchev–Trinajstić information content (AvgIpc) is 2.23. The quantitative estimate of drug-likeness (QED) is 0.494. The molecule has 0 saturated carbocycles. The van der Waals surface area contributed by atoms with Crippen LogP contribution in [0, 0.1) is 11.3 Å². The summed E-state index contributed by atoms with van der Waals surface area (Å²) in [6.45, 7) is 7.26. The van der Waals surface area contributed by atoms with E-state index in [9.17, 15) is 9.59 Å². The van der Waals surface area contributed by atoms with Crippen LogP contribution in [-0.2, 0) is 9.59 Å². The Kier molecular flexibility index (Phi) is 5.78. The second-order valence-electron chi connectivity index (χ2n) is 4.01. The lowest BCUT2D eigenvalue weighted by molar-refractivity contribution is -0.162. The molecule has 2 N–H and O–H groups in total. The minimum Gasteiger partial charge on any atom is -0.481 e. The van der Waals surface area contributed by atoms with Crippen molar-refractivity contribution in [2.45, 2.75) is 39.5 Å². The summed E-state index contributed by atoms with van der Waals surface area (Å²) in [6.07, 6.45) is 3.97. The van der Waals surface area contributed by atoms with Crippen molar-refractivity contribution in [3.63, 3.8) is 0 Å². The molecule has 0 atom stereocenters. The Bertz CT molecular complexity index is 252. The van der Waals surface area contributed by atoms with Crippen molar-refractivity contribution >= 4 is 11.9 Å². The first-order valence-electron chi connectivity index (χ1n) is 5.51. The molecule has 0 aromatic heterocycles. The third-order valence-electron chi connectivity index (χ3n) is 3.36. The second-order valence-corrected chi connectivity index (χ2v) is 4.01. The fourth-order valence-corrected chi connectivity index (χ4v) is 2.18. The first-order chi connectivity index (χ1) is 7.45. The third kappa shape index (κ3) is 3.08. The molecule has 0 aromatic rings. The Morgan fingerprint density at radius 1 is 1.25 bits per heavy atom. The van der Waals surface area contributed by atoms with E-state index in [1.165, 1.54) is 0 Å². The van der Waals surface area contributed by atoms with E-state index in [4.69, 9.17) is 10.2 Å². The average molecular weight is 228 g/mol. The number of rotatable bonds is 8. The maximum absolute atomic E-state index is 11.1. The molecule has 0 aliphatic heterocycles. The fourth-order valence-electron chi connectivity index (χ4n) is 2.18. The van der Waals surface area contributed by atoms with Crippen LogP contribution < -0.4 is 0 Å². The van der Waals surface area contributed by atoms with Crippen molar-refractivity contribution < 1.29 is 19.8 Å². The van der Waals surface area contributed by atoms with Crippen LogP contribution in [0.3, 0.4) is 0 Å². The molecule has 4 heteroatoms. The highest BCUT2D eigenvalue weighted by Gasteiger charge is 2.44. The lowest BCUT2D eigenvalue weighted by Crippen LogP contribution is -2.40. The van der Waals surface area contributed by atoms with E-state index >= 15 is 0 Å². The second kappa shape index (κ2) is 6.30. The number of hydrogen-bond donors (Lipinski definition) is 2. The highest BCUT2D eigenvalue weighted by atomic mass is 16.4. The van der Waals surface area contributed by atoms with Crippen LogP contribution >= 0.6 is 0 Å². The molecule has 4 nitrogen and oxygen atoms in total. The van der Waals surface area contributed by atoms with Gasteiger partial charge in [0.15, 0.2) is 5.92 Å². The number of aliphatic carboxylic acids is 2. The summed E-state index contributed by atoms with van der Waals surface area (Å²) in [7, 11) is 0. The van der Waals surface area contributed by atoms with Crippen molar-refractivity contribution in [1.82, 2.24) is 0 Å². The summed E-state index contributed by atoms with van der Waals surface area (Å²) in [5.74, 6) is -3.83. The summed E-state index contributed by atoms with van der Waals surface area (Å²) < 4.78 is 0. The van der Waals surface area contributed by atoms with Gasteiger partial charge in [-0.05, 0) is 31.1 Å². The number of hydrogen-bond acceptors (Lipinski definition) is 2. The van der Waals surface area contributed by atoms with Crippen LogP contribution in [0.4, 0.5) is 0 Å². The van der Waals surface area contributed by atoms with Crippen LogP contribution in [0.2, 0.25) is 0 Å². The lowest BCUT2D eigenvalue weighted by atomic mass is 9.68. The van der Waals surface area contributed by atoms with E-state index in [0.717, 1.165) is 0 Å². The van der Waals surface area contributed by atoms with E-state index in [-0.39, 0.29) is 0 Å². The van der Waals surface area contributed by atoms with Gasteiger partial charge in [-0.2, -0.15) is 0 Å². The maximum atomic E-state index is 11.1. The van der Waals surface area contributed by atoms with Gasteiger partial charge in [-0.3, -0.25) is 9.59 Å². The molecule has 0 aromatic carbocycles. The Balaban J connectivity index is 5.17. The Labute approximate surface area is 96.0 Å². The van der Waals surface area contributed by atoms with E-state index in [2.05, 4.69) is 6.58 Å². The van der Waals surface area contributed by atoms with Crippen LogP contribution in [0.25, 0.3) is 0 Å². The van der Waals surface area contributed by atoms with Gasteiger partial charge in [0.1, 0.15) is 0 Å². The standard InChI is InChI=1S/C12H20O4/c1-4-7-8-12(5-2,6-3)9(10(13)14)11(15)16/h4,9H,1,5-8H2,2-3H3,(H,13,14)(H,15,16). The summed E-state index contributed by atoms with van der Waals surface area (Å²) in [4.78, 5) is 22.1. The first-order valence-corrected chi connectivity index (χ1v) is 5.51. The van der Waals surface area contributed by atoms with Crippen molar-refractivity contribution in [3.8, 4) is 0 Å². The molecule has 0 aliphatic carbocycles. The Hall–Kier alpha value is -1.32. The van der Waals surface area contributed by atoms with Crippen molar-refractivity contribution in [3.05, 3.63) is 12.7 Å². The van der Waals surface area contributed by atoms with Crippen molar-refractivity contribution in [1.29, 1.82) is 0 Å². The molecule has 0 unspecified atom stereocenters. The molecule has 0 heterocycles. The third-order valence-corrected chi connectivity index (χ3v) is 3.36. The molecule has 0 amide bonds. The Morgan fingerprint density at radius 2 is 1.69 bits per heavy atom. The summed E-state index contributed by atoms with van der Waals surface area (Å²) in [5.41, 5.74) is -0.675. The van der Waals surface area contributed by atoms with Crippen molar-refractivity contribution in [2.75, 3.05) is 0 Å². The van der Waals surface area contributed by atoms with Gasteiger partial charge >= 0.3 is 11.9 Å². The molecular weight excluding hydrogens is 208 g/mol. The van der Waals surface area contributed by atoms with Gasteiger partial charge in [0.2, 0.25) is 0 Å². The zero-order valence-corrected chi connectivity index (χ0v) is 9.90. The highest BCUT2D eigenvalue weighted by molar-refractivity contribution is 5.93. The lowest BCUT2D eigenvalue weighted by Gasteiger charge is -2.34. The molecule has 16 heavy (non-hydrogen) atoms. The fraction of sp³-hybridized carbons (Fsp3) is 0.667. The predicted octanol–water partition coefficient (Wildman–Crippen LogP) is 2.54. The molecule has 0 bridgehead atoms. The minimum absolute atomic E-state index is 0.542. The smallest absolute Gasteiger partial charge is 0.318 e. The van der Waals surface area contributed by atoms with Crippen LogP contribution in [0.1, 0.15) is 39.5 Å². The summed E-state index contributed by atoms with van der Waals surface area (Å²) in [5, 5.41) is 18.1. The van der Waals surface area contributed by atoms with Gasteiger partial charge in [-0.25, -0.2) is 0 Å². The summed E-state index contributed by atoms with van der Waals surface area (Å²) >= 11 is 0. The normalized spacial score (nSPS) is 11.4. The van der Waals surface area contributed by atoms with E-state index in [1.54, 1.807) is 6.08 Å². The molecular formula is C12H20O4. The van der Waals surface area contributed by atoms with Crippen LogP contribution in [0.15, 0.2) is 12.7 Å². The van der Waals surface area contributed by atoms with Crippen LogP contribution in [0.5, 0.6) is 0 Å². The molecule has 0 rings (SSSR count). The topological polar surface area (TPSA) is 74.6 Å². The number of allylic oxidation sites excluding steroid dienone is 1. The molecule has 0 fully saturated rings. The van der Waals surface area contributed by atoms with Crippen molar-refractivity contribution in [2.24, 2.45) is 11.3 Å². The minimum atomic E-state index is -1.33. The largest absolute Gasteiger partial charge is 0.481 e. The predicted molar refractivity (Wildman–Crippen MR) is 61.2 cm³/mol. The van der Waals surface area contributed by atoms with E-state index in [1.807, 2.05) is 13.8 Å². The summed E-state index contributed by atoms with van der Waals surface area (Å²) in [6, 6.07) is 0. The first kappa shape index (κ1) is 14.7. The molecule has 0 spiro atoms. The van der Waals surface area contributed by atoms with Gasteiger partial charge < -0.3 is 10.2 Å². The van der Waals surface area contributed by atoms with Gasteiger partial charge in [-0.15, -0.1) is 6.58 Å². The number of carbonyl (C=O) groups is 2. The number of carboxylic acids is 2. The van der Waals surface area contributed by atoms with Gasteiger partial charge in [0.25, 0.3) is 0 Å². The highest BCUT2D eigenvalue weighted by Crippen LogP contribution is 2.40. The monoisotopic (exact) mass is 228 g/mol. The Morgan fingerprint density at radius 3 is 1.94 bits per heavy atom. The zero-order valence-electron chi connectivity index (χ0n) is 9.90. The molecule has 0 aliphatic rings. The number of carboxylic acid groups (broad SMARTS) is 2. The van der Waals surface area contributed by atoms with Gasteiger partial charge in [-0.1, -0.05) is 19.9 Å². The van der Waals surface area contributed by atoms with Gasteiger partial charge in [0, 0.05) is 0 Å². The molecule has 92 valence electrons. The molecule has 0 radical (unpaired) electrons. The van der Waals surface area contributed by atoms with E-state index < -0.39 is 23.3 Å². The maximum Gasteiger partial charge on any atom is 0.318 e.